The highest BCUT2D eigenvalue weighted by molar-refractivity contribution is 6.29. The summed E-state index contributed by atoms with van der Waals surface area (Å²) in [7, 11) is 1.59. The van der Waals surface area contributed by atoms with E-state index >= 15 is 0 Å². The van der Waals surface area contributed by atoms with Crippen molar-refractivity contribution in [3.05, 3.63) is 52.4 Å². The third-order valence-electron chi connectivity index (χ3n) is 2.48. The van der Waals surface area contributed by atoms with Gasteiger partial charge in [-0.05, 0) is 54.4 Å². The van der Waals surface area contributed by atoms with Gasteiger partial charge in [0.25, 0.3) is 0 Å². The van der Waals surface area contributed by atoms with Crippen LogP contribution in [0.15, 0.2) is 34.7 Å². The van der Waals surface area contributed by atoms with Crippen molar-refractivity contribution >= 4 is 17.4 Å². The maximum atomic E-state index is 12.1. The van der Waals surface area contributed by atoms with Gasteiger partial charge in [-0.3, -0.25) is 4.79 Å². The number of carbonyl (C=O) groups excluding carboxylic acids is 1. The lowest BCUT2D eigenvalue weighted by Crippen LogP contribution is -2.02. The van der Waals surface area contributed by atoms with Gasteiger partial charge in [0.2, 0.25) is 5.78 Å². The fourth-order valence-corrected chi connectivity index (χ4v) is 1.73. The zero-order valence-corrected chi connectivity index (χ0v) is 10.2. The van der Waals surface area contributed by atoms with Gasteiger partial charge in [-0.15, -0.1) is 0 Å². The SMILES string of the molecule is COc1ccc(C(=O)c2ccc(Cl)o2)c(C)c1. The van der Waals surface area contributed by atoms with Crippen molar-refractivity contribution in [1.29, 1.82) is 0 Å². The minimum absolute atomic E-state index is 0.183. The molecule has 0 amide bonds. The first-order valence-electron chi connectivity index (χ1n) is 5.06. The molecule has 0 saturated heterocycles. The van der Waals surface area contributed by atoms with Crippen molar-refractivity contribution in [3.63, 3.8) is 0 Å². The van der Waals surface area contributed by atoms with Gasteiger partial charge in [0.05, 0.1) is 7.11 Å². The Kier molecular flexibility index (Phi) is 3.20. The standard InChI is InChI=1S/C13H11ClO3/c1-8-7-9(16-2)3-4-10(8)13(15)11-5-6-12(14)17-11/h3-7H,1-2H3. The molecule has 17 heavy (non-hydrogen) atoms. The van der Waals surface area contributed by atoms with Crippen molar-refractivity contribution in [3.8, 4) is 5.75 Å². The average Bonchev–Trinajstić information content (AvgIpc) is 2.75. The second-order valence-electron chi connectivity index (χ2n) is 3.61. The zero-order chi connectivity index (χ0) is 12.4. The first kappa shape index (κ1) is 11.7. The molecular weight excluding hydrogens is 240 g/mol. The number of ether oxygens (including phenoxy) is 1. The maximum Gasteiger partial charge on any atom is 0.228 e. The molecule has 0 atom stereocenters. The highest BCUT2D eigenvalue weighted by atomic mass is 35.5. The van der Waals surface area contributed by atoms with E-state index < -0.39 is 0 Å². The number of hydrogen-bond acceptors (Lipinski definition) is 3. The number of ketones is 1. The Balaban J connectivity index is 2.37. The normalized spacial score (nSPS) is 10.3. The molecule has 88 valence electrons. The smallest absolute Gasteiger partial charge is 0.228 e. The number of aryl methyl sites for hydroxylation is 1. The van der Waals surface area contributed by atoms with Crippen molar-refractivity contribution in [2.45, 2.75) is 6.92 Å². The van der Waals surface area contributed by atoms with E-state index in [1.807, 2.05) is 6.92 Å². The van der Waals surface area contributed by atoms with Gasteiger partial charge in [0.1, 0.15) is 5.75 Å². The lowest BCUT2D eigenvalue weighted by molar-refractivity contribution is 0.101. The molecule has 3 nitrogen and oxygen atoms in total. The van der Waals surface area contributed by atoms with Gasteiger partial charge in [0.15, 0.2) is 11.0 Å². The summed E-state index contributed by atoms with van der Waals surface area (Å²) in [6, 6.07) is 8.37. The summed E-state index contributed by atoms with van der Waals surface area (Å²) in [4.78, 5) is 12.1. The Bertz CT molecular complexity index is 558. The van der Waals surface area contributed by atoms with Crippen LogP contribution in [-0.2, 0) is 0 Å². The predicted molar refractivity (Wildman–Crippen MR) is 64.9 cm³/mol. The summed E-state index contributed by atoms with van der Waals surface area (Å²) in [5.41, 5.74) is 1.42. The van der Waals surface area contributed by atoms with E-state index in [0.29, 0.717) is 5.56 Å². The average molecular weight is 251 g/mol. The Labute approximate surface area is 104 Å². The van der Waals surface area contributed by atoms with Crippen LogP contribution in [0.3, 0.4) is 0 Å². The van der Waals surface area contributed by atoms with Gasteiger partial charge < -0.3 is 9.15 Å². The van der Waals surface area contributed by atoms with Crippen LogP contribution in [0.25, 0.3) is 0 Å². The van der Waals surface area contributed by atoms with Crippen LogP contribution >= 0.6 is 11.6 Å². The number of rotatable bonds is 3. The van der Waals surface area contributed by atoms with Crippen LogP contribution in [0.2, 0.25) is 5.22 Å². The third-order valence-corrected chi connectivity index (χ3v) is 2.68. The molecule has 0 saturated carbocycles. The summed E-state index contributed by atoms with van der Waals surface area (Å²) in [6.45, 7) is 1.85. The lowest BCUT2D eigenvalue weighted by atomic mass is 10.0. The fraction of sp³-hybridized carbons (Fsp3) is 0.154. The van der Waals surface area contributed by atoms with Gasteiger partial charge in [0, 0.05) is 5.56 Å². The van der Waals surface area contributed by atoms with E-state index in [-0.39, 0.29) is 16.8 Å². The van der Waals surface area contributed by atoms with Crippen LogP contribution in [0.1, 0.15) is 21.7 Å². The van der Waals surface area contributed by atoms with Gasteiger partial charge in [-0.2, -0.15) is 0 Å². The number of methoxy groups -OCH3 is 1. The fourth-order valence-electron chi connectivity index (χ4n) is 1.59. The molecule has 0 bridgehead atoms. The highest BCUT2D eigenvalue weighted by Gasteiger charge is 2.15. The van der Waals surface area contributed by atoms with Crippen molar-refractivity contribution < 1.29 is 13.9 Å². The van der Waals surface area contributed by atoms with E-state index in [9.17, 15) is 4.79 Å². The van der Waals surface area contributed by atoms with Crippen LogP contribution < -0.4 is 4.74 Å². The molecule has 1 aromatic carbocycles. The molecule has 4 heteroatoms. The monoisotopic (exact) mass is 250 g/mol. The van der Waals surface area contributed by atoms with Crippen LogP contribution in [0, 0.1) is 6.92 Å². The number of furan rings is 1. The quantitative estimate of drug-likeness (QED) is 0.783. The number of halogens is 1. The molecule has 2 rings (SSSR count). The first-order chi connectivity index (χ1) is 8.11. The van der Waals surface area contributed by atoms with E-state index in [1.165, 1.54) is 0 Å². The minimum atomic E-state index is -0.183. The van der Waals surface area contributed by atoms with E-state index in [2.05, 4.69) is 0 Å². The van der Waals surface area contributed by atoms with Crippen LogP contribution in [0.4, 0.5) is 0 Å². The molecule has 0 N–H and O–H groups in total. The van der Waals surface area contributed by atoms with E-state index in [1.54, 1.807) is 37.4 Å². The summed E-state index contributed by atoms with van der Waals surface area (Å²) in [5.74, 6) is 0.775. The molecule has 0 unspecified atom stereocenters. The minimum Gasteiger partial charge on any atom is -0.497 e. The molecule has 1 heterocycles. The highest BCUT2D eigenvalue weighted by Crippen LogP contribution is 2.22. The van der Waals surface area contributed by atoms with Gasteiger partial charge >= 0.3 is 0 Å². The molecule has 0 aliphatic carbocycles. The molecule has 0 radical (unpaired) electrons. The number of carbonyl (C=O) groups is 1. The molecule has 0 aliphatic rings. The zero-order valence-electron chi connectivity index (χ0n) is 9.49. The molecule has 0 spiro atoms. The Morgan fingerprint density at radius 2 is 2.06 bits per heavy atom. The largest absolute Gasteiger partial charge is 0.497 e. The third kappa shape index (κ3) is 2.34. The molecule has 1 aromatic heterocycles. The van der Waals surface area contributed by atoms with Gasteiger partial charge in [-0.1, -0.05) is 0 Å². The van der Waals surface area contributed by atoms with Gasteiger partial charge in [-0.25, -0.2) is 0 Å². The second-order valence-corrected chi connectivity index (χ2v) is 3.99. The number of benzene rings is 1. The van der Waals surface area contributed by atoms with Crippen molar-refractivity contribution in [1.82, 2.24) is 0 Å². The maximum absolute atomic E-state index is 12.1. The lowest BCUT2D eigenvalue weighted by Gasteiger charge is -2.05. The summed E-state index contributed by atoms with van der Waals surface area (Å²) in [5, 5.41) is 0.208. The summed E-state index contributed by atoms with van der Waals surface area (Å²) < 4.78 is 10.2. The molecular formula is C13H11ClO3. The molecule has 2 aromatic rings. The van der Waals surface area contributed by atoms with E-state index in [4.69, 9.17) is 20.8 Å². The van der Waals surface area contributed by atoms with E-state index in [0.717, 1.165) is 11.3 Å². The van der Waals surface area contributed by atoms with Crippen LogP contribution in [0.5, 0.6) is 5.75 Å². The summed E-state index contributed by atoms with van der Waals surface area (Å²) in [6.07, 6.45) is 0. The second kappa shape index (κ2) is 4.63. The Morgan fingerprint density at radius 3 is 2.59 bits per heavy atom. The first-order valence-corrected chi connectivity index (χ1v) is 5.44. The predicted octanol–water partition coefficient (Wildman–Crippen LogP) is 3.48. The topological polar surface area (TPSA) is 39.4 Å². The Morgan fingerprint density at radius 1 is 1.29 bits per heavy atom. The molecule has 0 fully saturated rings. The number of hydrogen-bond donors (Lipinski definition) is 0. The molecule has 0 aliphatic heterocycles. The van der Waals surface area contributed by atoms with Crippen molar-refractivity contribution in [2.75, 3.05) is 7.11 Å². The van der Waals surface area contributed by atoms with Crippen LogP contribution in [-0.4, -0.2) is 12.9 Å². The summed E-state index contributed by atoms with van der Waals surface area (Å²) >= 11 is 5.64. The van der Waals surface area contributed by atoms with Crippen molar-refractivity contribution in [2.24, 2.45) is 0 Å². The Hall–Kier alpha value is -1.74.